The minimum absolute atomic E-state index is 0.551. The first-order valence-corrected chi connectivity index (χ1v) is 6.87. The highest BCUT2D eigenvalue weighted by atomic mass is 15.3. The average molecular weight is 223 g/mol. The minimum atomic E-state index is 0.551. The molecule has 0 aromatic carbocycles. The lowest BCUT2D eigenvalue weighted by molar-refractivity contribution is 0.399. The van der Waals surface area contributed by atoms with Gasteiger partial charge in [-0.05, 0) is 38.0 Å². The summed E-state index contributed by atoms with van der Waals surface area (Å²) >= 11 is 0. The quantitative estimate of drug-likeness (QED) is 0.589. The molecule has 3 heteroatoms. The van der Waals surface area contributed by atoms with E-state index in [2.05, 4.69) is 16.8 Å². The fourth-order valence-corrected chi connectivity index (χ4v) is 2.56. The van der Waals surface area contributed by atoms with Crippen molar-refractivity contribution in [2.75, 3.05) is 13.1 Å². The number of aliphatic imine (C=N–C) groups is 1. The Labute approximate surface area is 99.1 Å². The van der Waals surface area contributed by atoms with Gasteiger partial charge in [0.25, 0.3) is 0 Å². The van der Waals surface area contributed by atoms with Crippen LogP contribution in [0.25, 0.3) is 0 Å². The zero-order valence-corrected chi connectivity index (χ0v) is 10.5. The molecule has 2 rings (SSSR count). The smallest absolute Gasteiger partial charge is 0.191 e. The Bertz CT molecular complexity index is 246. The van der Waals surface area contributed by atoms with Crippen LogP contribution in [-0.2, 0) is 0 Å². The van der Waals surface area contributed by atoms with E-state index in [9.17, 15) is 0 Å². The van der Waals surface area contributed by atoms with E-state index >= 15 is 0 Å². The maximum absolute atomic E-state index is 6.05. The van der Waals surface area contributed by atoms with Gasteiger partial charge in [-0.15, -0.1) is 0 Å². The van der Waals surface area contributed by atoms with Crippen LogP contribution in [0.2, 0.25) is 0 Å². The standard InChI is InChI=1S/C13H25N3/c1-2-4-11-5-3-9-16(10-8-11)13(14)15-12-6-7-12/h11-12H,2-10H2,1H3,(H2,14,15). The highest BCUT2D eigenvalue weighted by Crippen LogP contribution is 2.25. The van der Waals surface area contributed by atoms with Crippen molar-refractivity contribution >= 4 is 5.96 Å². The summed E-state index contributed by atoms with van der Waals surface area (Å²) in [5.74, 6) is 1.73. The van der Waals surface area contributed by atoms with Crippen LogP contribution in [0.1, 0.15) is 51.9 Å². The molecule has 0 bridgehead atoms. The Morgan fingerprint density at radius 3 is 2.75 bits per heavy atom. The minimum Gasteiger partial charge on any atom is -0.370 e. The predicted octanol–water partition coefficient (Wildman–Crippen LogP) is 2.37. The molecule has 0 aromatic rings. The van der Waals surface area contributed by atoms with Crippen LogP contribution < -0.4 is 5.73 Å². The van der Waals surface area contributed by atoms with Crippen LogP contribution in [0.3, 0.4) is 0 Å². The Balaban J connectivity index is 1.82. The number of guanidine groups is 1. The third-order valence-electron chi connectivity index (χ3n) is 3.73. The number of rotatable bonds is 3. The van der Waals surface area contributed by atoms with E-state index in [4.69, 9.17) is 5.73 Å². The van der Waals surface area contributed by atoms with Gasteiger partial charge in [0.05, 0.1) is 6.04 Å². The molecule has 92 valence electrons. The summed E-state index contributed by atoms with van der Waals surface area (Å²) in [5, 5.41) is 0. The number of nitrogens with two attached hydrogens (primary N) is 1. The van der Waals surface area contributed by atoms with E-state index in [0.717, 1.165) is 25.0 Å². The summed E-state index contributed by atoms with van der Waals surface area (Å²) in [6.45, 7) is 4.51. The van der Waals surface area contributed by atoms with Crippen LogP contribution in [0.5, 0.6) is 0 Å². The van der Waals surface area contributed by atoms with Crippen molar-refractivity contribution < 1.29 is 0 Å². The average Bonchev–Trinajstić information content (AvgIpc) is 3.05. The molecule has 1 heterocycles. The molecule has 2 N–H and O–H groups in total. The van der Waals surface area contributed by atoms with E-state index in [1.54, 1.807) is 0 Å². The topological polar surface area (TPSA) is 41.6 Å². The van der Waals surface area contributed by atoms with Gasteiger partial charge in [0.2, 0.25) is 0 Å². The molecule has 1 aliphatic heterocycles. The first-order valence-electron chi connectivity index (χ1n) is 6.87. The molecule has 1 saturated carbocycles. The first kappa shape index (κ1) is 11.7. The van der Waals surface area contributed by atoms with Gasteiger partial charge >= 0.3 is 0 Å². The van der Waals surface area contributed by atoms with E-state index < -0.39 is 0 Å². The molecule has 0 aromatic heterocycles. The number of nitrogens with zero attached hydrogens (tertiary/aromatic N) is 2. The van der Waals surface area contributed by atoms with Crippen molar-refractivity contribution in [2.45, 2.75) is 57.9 Å². The SMILES string of the molecule is CCCC1CCCN(C(N)=NC2CC2)CC1. The first-order chi connectivity index (χ1) is 7.79. The Hall–Kier alpha value is -0.730. The number of hydrogen-bond donors (Lipinski definition) is 1. The zero-order valence-electron chi connectivity index (χ0n) is 10.5. The molecule has 3 nitrogen and oxygen atoms in total. The molecular weight excluding hydrogens is 198 g/mol. The molecule has 0 amide bonds. The fraction of sp³-hybridized carbons (Fsp3) is 0.923. The highest BCUT2D eigenvalue weighted by Gasteiger charge is 2.23. The second-order valence-electron chi connectivity index (χ2n) is 5.29. The monoisotopic (exact) mass is 223 g/mol. The fourth-order valence-electron chi connectivity index (χ4n) is 2.56. The van der Waals surface area contributed by atoms with Gasteiger partial charge in [-0.1, -0.05) is 19.8 Å². The second kappa shape index (κ2) is 5.55. The molecule has 0 spiro atoms. The molecular formula is C13H25N3. The molecule has 2 aliphatic rings. The van der Waals surface area contributed by atoms with E-state index in [1.807, 2.05) is 0 Å². The summed E-state index contributed by atoms with van der Waals surface area (Å²) in [5.41, 5.74) is 6.05. The van der Waals surface area contributed by atoms with Gasteiger partial charge in [0.15, 0.2) is 5.96 Å². The summed E-state index contributed by atoms with van der Waals surface area (Å²) < 4.78 is 0. The molecule has 2 fully saturated rings. The Kier molecular flexibility index (Phi) is 4.08. The van der Waals surface area contributed by atoms with Gasteiger partial charge in [-0.3, -0.25) is 0 Å². The van der Waals surface area contributed by atoms with Crippen molar-refractivity contribution in [1.82, 2.24) is 4.90 Å². The highest BCUT2D eigenvalue weighted by molar-refractivity contribution is 5.78. The van der Waals surface area contributed by atoms with Gasteiger partial charge in [0, 0.05) is 13.1 Å². The molecule has 1 atom stereocenters. The lowest BCUT2D eigenvalue weighted by Gasteiger charge is -2.21. The maximum Gasteiger partial charge on any atom is 0.191 e. The lowest BCUT2D eigenvalue weighted by Crippen LogP contribution is -2.38. The Morgan fingerprint density at radius 1 is 1.25 bits per heavy atom. The van der Waals surface area contributed by atoms with Crippen molar-refractivity contribution in [2.24, 2.45) is 16.6 Å². The largest absolute Gasteiger partial charge is 0.370 e. The molecule has 16 heavy (non-hydrogen) atoms. The van der Waals surface area contributed by atoms with Crippen LogP contribution in [-0.4, -0.2) is 30.0 Å². The summed E-state index contributed by atoms with van der Waals surface area (Å²) in [4.78, 5) is 6.84. The third-order valence-corrected chi connectivity index (χ3v) is 3.73. The maximum atomic E-state index is 6.05. The number of hydrogen-bond acceptors (Lipinski definition) is 1. The zero-order chi connectivity index (χ0) is 11.4. The van der Waals surface area contributed by atoms with Gasteiger partial charge in [0.1, 0.15) is 0 Å². The third kappa shape index (κ3) is 3.39. The Morgan fingerprint density at radius 2 is 2.06 bits per heavy atom. The second-order valence-corrected chi connectivity index (χ2v) is 5.29. The van der Waals surface area contributed by atoms with Crippen molar-refractivity contribution in [3.63, 3.8) is 0 Å². The lowest BCUT2D eigenvalue weighted by atomic mass is 9.96. The van der Waals surface area contributed by atoms with Crippen molar-refractivity contribution in [3.05, 3.63) is 0 Å². The van der Waals surface area contributed by atoms with Gasteiger partial charge in [-0.25, -0.2) is 4.99 Å². The van der Waals surface area contributed by atoms with E-state index in [-0.39, 0.29) is 0 Å². The van der Waals surface area contributed by atoms with Crippen LogP contribution >= 0.6 is 0 Å². The van der Waals surface area contributed by atoms with Crippen LogP contribution in [0.15, 0.2) is 4.99 Å². The molecule has 0 radical (unpaired) electrons. The normalized spacial score (nSPS) is 27.9. The summed E-state index contributed by atoms with van der Waals surface area (Å²) in [7, 11) is 0. The van der Waals surface area contributed by atoms with Gasteiger partial charge in [-0.2, -0.15) is 0 Å². The van der Waals surface area contributed by atoms with Crippen LogP contribution in [0, 0.1) is 5.92 Å². The molecule has 1 saturated heterocycles. The van der Waals surface area contributed by atoms with E-state index in [0.29, 0.717) is 6.04 Å². The molecule has 1 unspecified atom stereocenters. The van der Waals surface area contributed by atoms with Crippen molar-refractivity contribution in [3.8, 4) is 0 Å². The van der Waals surface area contributed by atoms with Crippen molar-refractivity contribution in [1.29, 1.82) is 0 Å². The van der Waals surface area contributed by atoms with E-state index in [1.165, 1.54) is 44.9 Å². The summed E-state index contributed by atoms with van der Waals surface area (Å²) in [6, 6.07) is 0.551. The molecule has 1 aliphatic carbocycles. The number of likely N-dealkylation sites (tertiary alicyclic amines) is 1. The van der Waals surface area contributed by atoms with Gasteiger partial charge < -0.3 is 10.6 Å². The summed E-state index contributed by atoms with van der Waals surface area (Å²) in [6.07, 6.45) is 9.14. The predicted molar refractivity (Wildman–Crippen MR) is 68.5 cm³/mol. The van der Waals surface area contributed by atoms with Crippen LogP contribution in [0.4, 0.5) is 0 Å².